The molecule has 0 fully saturated rings. The highest BCUT2D eigenvalue weighted by molar-refractivity contribution is 7.89. The van der Waals surface area contributed by atoms with Gasteiger partial charge in [-0.2, -0.15) is 0 Å². The molecular weight excluding hydrogens is 404 g/mol. The molecule has 7 nitrogen and oxygen atoms in total. The van der Waals surface area contributed by atoms with Crippen molar-refractivity contribution in [3.05, 3.63) is 58.7 Å². The number of carboxylic acids is 1. The van der Waals surface area contributed by atoms with Crippen molar-refractivity contribution < 1.29 is 23.1 Å². The van der Waals surface area contributed by atoms with Gasteiger partial charge in [-0.1, -0.05) is 23.8 Å². The number of carbonyl (C=O) groups is 2. The molecule has 1 aliphatic heterocycles. The van der Waals surface area contributed by atoms with E-state index < -0.39 is 22.0 Å². The lowest BCUT2D eigenvalue weighted by Crippen LogP contribution is -2.33. The number of hydrogen-bond acceptors (Lipinski definition) is 4. The molecule has 8 heteroatoms. The molecule has 0 saturated carbocycles. The molecule has 1 amide bonds. The standard InChI is InChI=1S/C22H26N2O5S/c1-13-5-6-14(2)19(9-13)20(12-22(26)27)23-30(28,29)18-7-8-21-17(11-18)10-15(3)24(21)16(4)25/h5-9,11,15,20,23H,10,12H2,1-4H3,(H,26,27)/t15-,20+/m0/s1. The summed E-state index contributed by atoms with van der Waals surface area (Å²) in [6.07, 6.45) is 0.192. The largest absolute Gasteiger partial charge is 0.481 e. The number of anilines is 1. The number of aryl methyl sites for hydroxylation is 2. The van der Waals surface area contributed by atoms with Crippen LogP contribution in [0.3, 0.4) is 0 Å². The first-order valence-corrected chi connectivity index (χ1v) is 11.2. The van der Waals surface area contributed by atoms with Crippen molar-refractivity contribution in [2.75, 3.05) is 4.90 Å². The lowest BCUT2D eigenvalue weighted by molar-refractivity contribution is -0.137. The highest BCUT2D eigenvalue weighted by Crippen LogP contribution is 2.34. The molecule has 0 saturated heterocycles. The average molecular weight is 431 g/mol. The summed E-state index contributed by atoms with van der Waals surface area (Å²) in [5, 5.41) is 9.34. The second kappa shape index (κ2) is 8.20. The minimum atomic E-state index is -3.98. The maximum atomic E-state index is 13.1. The van der Waals surface area contributed by atoms with Gasteiger partial charge in [-0.05, 0) is 62.1 Å². The van der Waals surface area contributed by atoms with E-state index in [1.807, 2.05) is 32.9 Å². The second-order valence-electron chi connectivity index (χ2n) is 7.86. The van der Waals surface area contributed by atoms with Gasteiger partial charge in [0.15, 0.2) is 0 Å². The Morgan fingerprint density at radius 1 is 1.20 bits per heavy atom. The Bertz CT molecular complexity index is 1110. The lowest BCUT2D eigenvalue weighted by Gasteiger charge is -2.21. The van der Waals surface area contributed by atoms with Gasteiger partial charge >= 0.3 is 5.97 Å². The van der Waals surface area contributed by atoms with E-state index >= 15 is 0 Å². The minimum absolute atomic E-state index is 0.0434. The number of carboxylic acid groups (broad SMARTS) is 1. The molecule has 1 aliphatic rings. The van der Waals surface area contributed by atoms with E-state index in [1.54, 1.807) is 23.1 Å². The Balaban J connectivity index is 1.96. The highest BCUT2D eigenvalue weighted by atomic mass is 32.2. The summed E-state index contributed by atoms with van der Waals surface area (Å²) in [7, 11) is -3.98. The molecular formula is C22H26N2O5S. The summed E-state index contributed by atoms with van der Waals surface area (Å²) in [6.45, 7) is 7.10. The summed E-state index contributed by atoms with van der Waals surface area (Å²) in [4.78, 5) is 25.0. The summed E-state index contributed by atoms with van der Waals surface area (Å²) in [6, 6.07) is 9.27. The van der Waals surface area contributed by atoms with Crippen LogP contribution in [-0.2, 0) is 26.0 Å². The zero-order chi connectivity index (χ0) is 22.2. The van der Waals surface area contributed by atoms with Crippen LogP contribution in [0.25, 0.3) is 0 Å². The van der Waals surface area contributed by atoms with Gasteiger partial charge in [0, 0.05) is 18.7 Å². The van der Waals surface area contributed by atoms with Crippen molar-refractivity contribution in [1.82, 2.24) is 4.72 Å². The van der Waals surface area contributed by atoms with Crippen molar-refractivity contribution in [2.45, 2.75) is 57.5 Å². The van der Waals surface area contributed by atoms with Gasteiger partial charge in [-0.3, -0.25) is 9.59 Å². The van der Waals surface area contributed by atoms with Crippen LogP contribution in [0, 0.1) is 13.8 Å². The first-order chi connectivity index (χ1) is 14.0. The maximum absolute atomic E-state index is 13.1. The fraction of sp³-hybridized carbons (Fsp3) is 0.364. The van der Waals surface area contributed by atoms with E-state index in [4.69, 9.17) is 0 Å². The smallest absolute Gasteiger partial charge is 0.305 e. The summed E-state index contributed by atoms with van der Waals surface area (Å²) < 4.78 is 28.8. The predicted octanol–water partition coefficient (Wildman–Crippen LogP) is 3.10. The number of nitrogens with one attached hydrogen (secondary N) is 1. The van der Waals surface area contributed by atoms with Crippen molar-refractivity contribution in [3.63, 3.8) is 0 Å². The van der Waals surface area contributed by atoms with Gasteiger partial charge in [0.1, 0.15) is 0 Å². The first-order valence-electron chi connectivity index (χ1n) is 9.73. The van der Waals surface area contributed by atoms with Crippen LogP contribution in [0.1, 0.15) is 48.6 Å². The van der Waals surface area contributed by atoms with Gasteiger partial charge in [-0.25, -0.2) is 13.1 Å². The molecule has 2 atom stereocenters. The number of sulfonamides is 1. The normalized spacial score (nSPS) is 16.9. The molecule has 2 aromatic rings. The number of amides is 1. The molecule has 0 aromatic heterocycles. The Morgan fingerprint density at radius 2 is 1.90 bits per heavy atom. The molecule has 1 heterocycles. The number of rotatable bonds is 6. The lowest BCUT2D eigenvalue weighted by atomic mass is 9.97. The molecule has 0 aliphatic carbocycles. The van der Waals surface area contributed by atoms with Crippen LogP contribution >= 0.6 is 0 Å². The fourth-order valence-electron chi connectivity index (χ4n) is 4.03. The van der Waals surface area contributed by atoms with Crippen LogP contribution in [-0.4, -0.2) is 31.4 Å². The van der Waals surface area contributed by atoms with Gasteiger partial charge in [-0.15, -0.1) is 0 Å². The Hall–Kier alpha value is -2.71. The van der Waals surface area contributed by atoms with Crippen LogP contribution in [0.4, 0.5) is 5.69 Å². The topological polar surface area (TPSA) is 104 Å². The van der Waals surface area contributed by atoms with Crippen LogP contribution in [0.2, 0.25) is 0 Å². The molecule has 3 rings (SSSR count). The number of carbonyl (C=O) groups excluding carboxylic acids is 1. The van der Waals surface area contributed by atoms with E-state index in [9.17, 15) is 23.1 Å². The van der Waals surface area contributed by atoms with Crippen LogP contribution in [0.5, 0.6) is 0 Å². The molecule has 0 bridgehead atoms. The predicted molar refractivity (Wildman–Crippen MR) is 114 cm³/mol. The van der Waals surface area contributed by atoms with Gasteiger partial charge < -0.3 is 10.0 Å². The fourth-order valence-corrected chi connectivity index (χ4v) is 5.30. The molecule has 0 radical (unpaired) electrons. The SMILES string of the molecule is CC(=O)N1c2ccc(S(=O)(=O)N[C@H](CC(=O)O)c3cc(C)ccc3C)cc2C[C@@H]1C. The Labute approximate surface area is 176 Å². The number of hydrogen-bond donors (Lipinski definition) is 2. The monoisotopic (exact) mass is 430 g/mol. The Morgan fingerprint density at radius 3 is 2.53 bits per heavy atom. The number of benzene rings is 2. The molecule has 2 aromatic carbocycles. The molecule has 2 N–H and O–H groups in total. The van der Waals surface area contributed by atoms with Crippen molar-refractivity contribution in [1.29, 1.82) is 0 Å². The highest BCUT2D eigenvalue weighted by Gasteiger charge is 2.31. The first kappa shape index (κ1) is 22.0. The van der Waals surface area contributed by atoms with Crippen molar-refractivity contribution in [3.8, 4) is 0 Å². The third-order valence-electron chi connectivity index (χ3n) is 5.40. The second-order valence-corrected chi connectivity index (χ2v) is 9.58. The number of aliphatic carboxylic acids is 1. The van der Waals surface area contributed by atoms with Gasteiger partial charge in [0.25, 0.3) is 0 Å². The van der Waals surface area contributed by atoms with Gasteiger partial charge in [0.2, 0.25) is 15.9 Å². The van der Waals surface area contributed by atoms with E-state index in [0.717, 1.165) is 16.7 Å². The minimum Gasteiger partial charge on any atom is -0.481 e. The van der Waals surface area contributed by atoms with Crippen molar-refractivity contribution in [2.24, 2.45) is 0 Å². The third-order valence-corrected chi connectivity index (χ3v) is 6.87. The zero-order valence-corrected chi connectivity index (χ0v) is 18.3. The zero-order valence-electron chi connectivity index (χ0n) is 17.5. The molecule has 30 heavy (non-hydrogen) atoms. The Kier molecular flexibility index (Phi) is 6.01. The third kappa shape index (κ3) is 4.39. The van der Waals surface area contributed by atoms with E-state index in [0.29, 0.717) is 17.7 Å². The summed E-state index contributed by atoms with van der Waals surface area (Å²) >= 11 is 0. The summed E-state index contributed by atoms with van der Waals surface area (Å²) in [5.41, 5.74) is 3.86. The van der Waals surface area contributed by atoms with E-state index in [-0.39, 0.29) is 23.3 Å². The molecule has 0 unspecified atom stereocenters. The molecule has 0 spiro atoms. The number of fused-ring (bicyclic) bond motifs is 1. The van der Waals surface area contributed by atoms with Crippen LogP contribution in [0.15, 0.2) is 41.3 Å². The maximum Gasteiger partial charge on any atom is 0.305 e. The van der Waals surface area contributed by atoms with Crippen molar-refractivity contribution >= 4 is 27.6 Å². The van der Waals surface area contributed by atoms with E-state index in [2.05, 4.69) is 4.72 Å². The molecule has 160 valence electrons. The average Bonchev–Trinajstić information content (AvgIpc) is 2.97. The van der Waals surface area contributed by atoms with E-state index in [1.165, 1.54) is 13.0 Å². The van der Waals surface area contributed by atoms with Gasteiger partial charge in [0.05, 0.1) is 17.4 Å². The quantitative estimate of drug-likeness (QED) is 0.733. The van der Waals surface area contributed by atoms with Crippen LogP contribution < -0.4 is 9.62 Å². The summed E-state index contributed by atoms with van der Waals surface area (Å²) in [5.74, 6) is -1.19. The number of nitrogens with zero attached hydrogens (tertiary/aromatic N) is 1.